The molecule has 4 heteroatoms. The molecule has 0 bridgehead atoms. The zero-order chi connectivity index (χ0) is 23.3. The van der Waals surface area contributed by atoms with E-state index in [1.165, 1.54) is 7.11 Å². The maximum atomic E-state index is 12.6. The first kappa shape index (κ1) is 23.2. The Morgan fingerprint density at radius 3 is 1.61 bits per heavy atom. The number of carbonyl (C=O) groups is 1. The van der Waals surface area contributed by atoms with Gasteiger partial charge in [0.05, 0.1) is 0 Å². The normalized spacial score (nSPS) is 12.5. The van der Waals surface area contributed by atoms with Crippen LogP contribution in [0, 0.1) is 0 Å². The zero-order valence-corrected chi connectivity index (χ0v) is 20.6. The quantitative estimate of drug-likeness (QED) is 0.235. The van der Waals surface area contributed by atoms with Gasteiger partial charge < -0.3 is 0 Å². The van der Waals surface area contributed by atoms with Crippen LogP contribution < -0.4 is 15.9 Å². The molecule has 4 rings (SSSR count). The van der Waals surface area contributed by atoms with Crippen LogP contribution >= 0.6 is 17.2 Å². The van der Waals surface area contributed by atoms with Gasteiger partial charge in [-0.15, -0.1) is 0 Å². The van der Waals surface area contributed by atoms with Crippen LogP contribution in [0.5, 0.6) is 0 Å². The van der Waals surface area contributed by atoms with Gasteiger partial charge in [-0.25, -0.2) is 0 Å². The van der Waals surface area contributed by atoms with Crippen molar-refractivity contribution in [3.05, 3.63) is 126 Å². The van der Waals surface area contributed by atoms with Crippen molar-refractivity contribution in [3.63, 3.8) is 0 Å². The molecule has 168 valence electrons. The molecule has 0 atom stereocenters. The van der Waals surface area contributed by atoms with Gasteiger partial charge in [-0.05, 0) is 0 Å². The standard InChI is InChI=1S/C29H28ClO2P/c1-3-24-20-19-23(21-28(24)29(31)32-2)22-33(30,25-13-7-4-8-14-25,26-15-9-5-10-16-26)27-17-11-6-12-18-27/h4-21H,3,22H2,1-2H3. The van der Waals surface area contributed by atoms with E-state index in [9.17, 15) is 4.79 Å². The summed E-state index contributed by atoms with van der Waals surface area (Å²) in [5.41, 5.74) is 2.59. The number of benzene rings is 4. The number of hydrogen-bond donors (Lipinski definition) is 0. The molecule has 0 N–H and O–H groups in total. The molecule has 0 aromatic heterocycles. The van der Waals surface area contributed by atoms with Crippen LogP contribution in [0.4, 0.5) is 0 Å². The van der Waals surface area contributed by atoms with Crippen molar-refractivity contribution in [2.24, 2.45) is 0 Å². The third-order valence-corrected chi connectivity index (χ3v) is 13.5. The summed E-state index contributed by atoms with van der Waals surface area (Å²) in [7, 11) is 1.42. The number of carbonyl (C=O) groups excluding carboxylic acids is 1. The summed E-state index contributed by atoms with van der Waals surface area (Å²) in [5, 5.41) is 3.30. The number of ether oxygens (including phenoxy) is 1. The number of esters is 1. The number of rotatable bonds is 7. The second kappa shape index (κ2) is 9.51. The molecule has 0 heterocycles. The molecule has 4 aromatic carbocycles. The van der Waals surface area contributed by atoms with Crippen LogP contribution in [-0.4, -0.2) is 13.1 Å². The Hall–Kier alpha value is -2.93. The van der Waals surface area contributed by atoms with E-state index in [-0.39, 0.29) is 5.97 Å². The van der Waals surface area contributed by atoms with Crippen LogP contribution in [0.2, 0.25) is 0 Å². The summed E-state index contributed by atoms with van der Waals surface area (Å²) in [6.07, 6.45) is 1.34. The topological polar surface area (TPSA) is 26.3 Å². The van der Waals surface area contributed by atoms with Gasteiger partial charge in [-0.1, -0.05) is 0 Å². The van der Waals surface area contributed by atoms with Gasteiger partial charge in [0.2, 0.25) is 0 Å². The fraction of sp³-hybridized carbons (Fsp3) is 0.138. The molecular weight excluding hydrogens is 447 g/mol. The van der Waals surface area contributed by atoms with Gasteiger partial charge in [0, 0.05) is 0 Å². The first-order chi connectivity index (χ1) is 16.0. The van der Waals surface area contributed by atoms with Crippen LogP contribution in [0.3, 0.4) is 0 Å². The third-order valence-electron chi connectivity index (χ3n) is 6.32. The molecule has 0 amide bonds. The van der Waals surface area contributed by atoms with Gasteiger partial charge in [0.25, 0.3) is 0 Å². The second-order valence-electron chi connectivity index (χ2n) is 8.18. The SMILES string of the molecule is CCc1ccc(CP(Cl)(c2ccccc2)(c2ccccc2)c2ccccc2)cc1C(=O)OC. The molecule has 0 fully saturated rings. The van der Waals surface area contributed by atoms with E-state index in [0.29, 0.717) is 11.7 Å². The number of hydrogen-bond acceptors (Lipinski definition) is 2. The monoisotopic (exact) mass is 474 g/mol. The Balaban J connectivity index is 2.04. The predicted octanol–water partition coefficient (Wildman–Crippen LogP) is 6.22. The number of aryl methyl sites for hydroxylation is 1. The third kappa shape index (κ3) is 4.10. The molecular formula is C29H28ClO2P. The average Bonchev–Trinajstić information content (AvgIpc) is 2.89. The van der Waals surface area contributed by atoms with E-state index in [0.717, 1.165) is 33.5 Å². The van der Waals surface area contributed by atoms with Gasteiger partial charge >= 0.3 is 201 Å². The molecule has 0 saturated heterocycles. The summed E-state index contributed by atoms with van der Waals surface area (Å²) in [6.45, 7) is 2.04. The fourth-order valence-corrected chi connectivity index (χ4v) is 10.7. The molecule has 0 aliphatic rings. The first-order valence-corrected chi connectivity index (χ1v) is 14.4. The maximum absolute atomic E-state index is 12.6. The van der Waals surface area contributed by atoms with E-state index in [2.05, 4.69) is 42.5 Å². The molecule has 4 aromatic rings. The Labute approximate surface area is 200 Å². The fourth-order valence-electron chi connectivity index (χ4n) is 4.61. The van der Waals surface area contributed by atoms with E-state index in [4.69, 9.17) is 16.0 Å². The van der Waals surface area contributed by atoms with Crippen molar-refractivity contribution >= 4 is 39.1 Å². The van der Waals surface area contributed by atoms with Crippen LogP contribution in [-0.2, 0) is 17.3 Å². The van der Waals surface area contributed by atoms with Gasteiger partial charge in [-0.2, -0.15) is 0 Å². The molecule has 0 saturated carbocycles. The van der Waals surface area contributed by atoms with Crippen LogP contribution in [0.25, 0.3) is 0 Å². The first-order valence-electron chi connectivity index (χ1n) is 11.1. The van der Waals surface area contributed by atoms with Crippen molar-refractivity contribution in [1.82, 2.24) is 0 Å². The molecule has 33 heavy (non-hydrogen) atoms. The van der Waals surface area contributed by atoms with Crippen LogP contribution in [0.15, 0.2) is 109 Å². The minimum atomic E-state index is -3.46. The van der Waals surface area contributed by atoms with Gasteiger partial charge in [0.1, 0.15) is 0 Å². The second-order valence-corrected chi connectivity index (χ2v) is 14.7. The zero-order valence-electron chi connectivity index (χ0n) is 18.9. The Morgan fingerprint density at radius 1 is 0.758 bits per heavy atom. The Morgan fingerprint density at radius 2 is 1.21 bits per heavy atom. The molecule has 2 nitrogen and oxygen atoms in total. The van der Waals surface area contributed by atoms with Gasteiger partial charge in [0.15, 0.2) is 0 Å². The molecule has 0 unspecified atom stereocenters. The average molecular weight is 475 g/mol. The van der Waals surface area contributed by atoms with Crippen molar-refractivity contribution < 1.29 is 9.53 Å². The molecule has 0 spiro atoms. The summed E-state index contributed by atoms with van der Waals surface area (Å²) in [4.78, 5) is 12.6. The molecule has 0 radical (unpaired) electrons. The van der Waals surface area contributed by atoms with Crippen molar-refractivity contribution in [3.8, 4) is 0 Å². The summed E-state index contributed by atoms with van der Waals surface area (Å²) in [6, 6.07) is 37.2. The van der Waals surface area contributed by atoms with Crippen molar-refractivity contribution in [2.75, 3.05) is 7.11 Å². The predicted molar refractivity (Wildman–Crippen MR) is 142 cm³/mol. The number of methoxy groups -OCH3 is 1. The van der Waals surface area contributed by atoms with E-state index in [1.54, 1.807) is 0 Å². The van der Waals surface area contributed by atoms with E-state index < -0.39 is 5.96 Å². The summed E-state index contributed by atoms with van der Waals surface area (Å²) in [5.74, 6) is -3.78. The molecule has 0 aliphatic heterocycles. The van der Waals surface area contributed by atoms with Crippen molar-refractivity contribution in [1.29, 1.82) is 0 Å². The van der Waals surface area contributed by atoms with E-state index >= 15 is 0 Å². The van der Waals surface area contributed by atoms with Crippen molar-refractivity contribution in [2.45, 2.75) is 19.5 Å². The summed E-state index contributed by atoms with van der Waals surface area (Å²) >= 11 is 8.16. The molecule has 0 aliphatic carbocycles. The van der Waals surface area contributed by atoms with Gasteiger partial charge in [-0.3, -0.25) is 0 Å². The number of halogens is 1. The van der Waals surface area contributed by atoms with E-state index in [1.807, 2.05) is 73.7 Å². The summed E-state index contributed by atoms with van der Waals surface area (Å²) < 4.78 is 5.08. The minimum absolute atomic E-state index is 0.317. The Kier molecular flexibility index (Phi) is 6.70. The Bertz CT molecular complexity index is 1140. The van der Waals surface area contributed by atoms with Crippen LogP contribution in [0.1, 0.15) is 28.4 Å².